The van der Waals surface area contributed by atoms with E-state index in [0.717, 1.165) is 34.6 Å². The lowest BCUT2D eigenvalue weighted by molar-refractivity contribution is -0.114. The van der Waals surface area contributed by atoms with Gasteiger partial charge in [0.25, 0.3) is 11.8 Å². The summed E-state index contributed by atoms with van der Waals surface area (Å²) in [5.41, 5.74) is 4.19. The molecule has 1 atom stereocenters. The number of ether oxygens (including phenoxy) is 1. The number of methoxy groups -OCH3 is 1. The molecular weight excluding hydrogens is 702 g/mol. The minimum absolute atomic E-state index is 0.0266. The lowest BCUT2D eigenvalue weighted by atomic mass is 9.83. The van der Waals surface area contributed by atoms with Crippen LogP contribution in [0.2, 0.25) is 5.02 Å². The van der Waals surface area contributed by atoms with Crippen molar-refractivity contribution in [2.24, 2.45) is 0 Å². The molecule has 0 saturated carbocycles. The maximum absolute atomic E-state index is 13.5. The molecule has 0 bridgehead atoms. The average molecular weight is 736 g/mol. The van der Waals surface area contributed by atoms with E-state index in [2.05, 4.69) is 28.1 Å². The number of anilines is 2. The summed E-state index contributed by atoms with van der Waals surface area (Å²) in [4.78, 5) is 54.4. The largest absolute Gasteiger partial charge is 0.465 e. The van der Waals surface area contributed by atoms with Crippen LogP contribution in [0, 0.1) is 0 Å². The molecule has 4 aromatic carbocycles. The fourth-order valence-corrected chi connectivity index (χ4v) is 8.17. The van der Waals surface area contributed by atoms with Gasteiger partial charge in [-0.05, 0) is 90.4 Å². The number of thiophene rings is 1. The lowest BCUT2D eigenvalue weighted by Crippen LogP contribution is -2.30. The molecule has 1 aliphatic carbocycles. The number of fused-ring (bicyclic) bond motifs is 1. The summed E-state index contributed by atoms with van der Waals surface area (Å²) in [5, 5.41) is 9.53. The Kier molecular flexibility index (Phi) is 11.7. The van der Waals surface area contributed by atoms with Crippen LogP contribution in [0.25, 0.3) is 6.08 Å². The first kappa shape index (κ1) is 35.7. The molecule has 0 saturated heterocycles. The van der Waals surface area contributed by atoms with Gasteiger partial charge in [0.1, 0.15) is 10.7 Å². The fourth-order valence-electron chi connectivity index (χ4n) is 5.88. The zero-order chi connectivity index (χ0) is 35.7. The van der Waals surface area contributed by atoms with Crippen molar-refractivity contribution in [1.29, 1.82) is 0 Å². The number of nitrogens with one attached hydrogen (secondary N) is 3. The lowest BCUT2D eigenvalue weighted by Gasteiger charge is -2.22. The van der Waals surface area contributed by atoms with Gasteiger partial charge in [-0.1, -0.05) is 78.3 Å². The second kappa shape index (κ2) is 16.7. The number of carbonyl (C=O) groups excluding carboxylic acids is 4. The van der Waals surface area contributed by atoms with Crippen molar-refractivity contribution in [3.63, 3.8) is 0 Å². The molecule has 6 rings (SSSR count). The Balaban J connectivity index is 1.12. The topological polar surface area (TPSA) is 114 Å². The average Bonchev–Trinajstić information content (AvgIpc) is 3.51. The van der Waals surface area contributed by atoms with Gasteiger partial charge in [0.2, 0.25) is 5.91 Å². The van der Waals surface area contributed by atoms with Gasteiger partial charge in [-0.15, -0.1) is 23.1 Å². The Labute approximate surface area is 309 Å². The van der Waals surface area contributed by atoms with Crippen molar-refractivity contribution in [1.82, 2.24) is 5.32 Å². The smallest absolute Gasteiger partial charge is 0.341 e. The fraction of sp³-hybridized carbons (Fsp3) is 0.150. The van der Waals surface area contributed by atoms with Gasteiger partial charge in [-0.25, -0.2) is 4.79 Å². The molecule has 0 aliphatic heterocycles. The predicted molar refractivity (Wildman–Crippen MR) is 205 cm³/mol. The van der Waals surface area contributed by atoms with E-state index < -0.39 is 17.8 Å². The third-order valence-electron chi connectivity index (χ3n) is 8.33. The summed E-state index contributed by atoms with van der Waals surface area (Å²) >= 11 is 8.89. The molecule has 11 heteroatoms. The van der Waals surface area contributed by atoms with Gasteiger partial charge < -0.3 is 20.7 Å². The standard InChI is InChI=1S/C40H34ClN3O5S2/c1-49-40(48)36-32-19-18-28(26-11-4-2-5-12-26)22-34(32)51-39(36)44-35(45)24-50-31-17-9-16-30(23-31)42-38(47)33(21-25-10-8-15-29(41)20-25)43-37(46)27-13-6-3-7-14-27/h2-17,20-21,23,28H,18-19,22,24H2,1H3,(H,42,47)(H,43,46)(H,44,45)/b33-21-. The Morgan fingerprint density at radius 3 is 2.39 bits per heavy atom. The summed E-state index contributed by atoms with van der Waals surface area (Å²) in [6, 6.07) is 32.9. The van der Waals surface area contributed by atoms with Crippen LogP contribution in [0.4, 0.5) is 10.7 Å². The van der Waals surface area contributed by atoms with Crippen molar-refractivity contribution in [2.45, 2.75) is 30.1 Å². The molecule has 1 heterocycles. The second-order valence-corrected chi connectivity index (χ2v) is 14.4. The number of carbonyl (C=O) groups is 4. The maximum atomic E-state index is 13.5. The van der Waals surface area contributed by atoms with E-state index in [1.807, 2.05) is 24.3 Å². The minimum Gasteiger partial charge on any atom is -0.465 e. The molecule has 1 unspecified atom stereocenters. The van der Waals surface area contributed by atoms with Gasteiger partial charge in [0, 0.05) is 26.0 Å². The van der Waals surface area contributed by atoms with Gasteiger partial charge in [-0.2, -0.15) is 0 Å². The van der Waals surface area contributed by atoms with Crippen LogP contribution in [0.3, 0.4) is 0 Å². The van der Waals surface area contributed by atoms with Crippen LogP contribution in [0.15, 0.2) is 120 Å². The van der Waals surface area contributed by atoms with E-state index in [1.54, 1.807) is 78.9 Å². The molecule has 5 aromatic rings. The molecule has 0 spiro atoms. The van der Waals surface area contributed by atoms with E-state index in [0.29, 0.717) is 38.3 Å². The van der Waals surface area contributed by atoms with Crippen molar-refractivity contribution >= 4 is 75.2 Å². The van der Waals surface area contributed by atoms with Crippen LogP contribution in [0.5, 0.6) is 0 Å². The van der Waals surface area contributed by atoms with Crippen LogP contribution in [-0.4, -0.2) is 36.6 Å². The molecular formula is C40H34ClN3O5S2. The summed E-state index contributed by atoms with van der Waals surface area (Å²) in [6.45, 7) is 0. The van der Waals surface area contributed by atoms with Crippen LogP contribution < -0.4 is 16.0 Å². The number of rotatable bonds is 11. The summed E-state index contributed by atoms with van der Waals surface area (Å²) < 4.78 is 5.11. The molecule has 1 aliphatic rings. The van der Waals surface area contributed by atoms with E-state index in [4.69, 9.17) is 16.3 Å². The van der Waals surface area contributed by atoms with Crippen molar-refractivity contribution in [2.75, 3.05) is 23.5 Å². The summed E-state index contributed by atoms with van der Waals surface area (Å²) in [7, 11) is 1.35. The highest BCUT2D eigenvalue weighted by Crippen LogP contribution is 2.43. The Morgan fingerprint density at radius 1 is 0.902 bits per heavy atom. The Hall–Kier alpha value is -5.16. The van der Waals surface area contributed by atoms with Gasteiger partial charge in [0.05, 0.1) is 18.4 Å². The number of halogens is 1. The molecule has 3 amide bonds. The molecule has 1 aromatic heterocycles. The highest BCUT2D eigenvalue weighted by molar-refractivity contribution is 8.00. The molecule has 8 nitrogen and oxygen atoms in total. The van der Waals surface area contributed by atoms with Gasteiger partial charge in [-0.3, -0.25) is 14.4 Å². The second-order valence-electron chi connectivity index (χ2n) is 11.8. The maximum Gasteiger partial charge on any atom is 0.341 e. The van der Waals surface area contributed by atoms with E-state index in [9.17, 15) is 19.2 Å². The highest BCUT2D eigenvalue weighted by atomic mass is 35.5. The molecule has 3 N–H and O–H groups in total. The van der Waals surface area contributed by atoms with Crippen LogP contribution in [0.1, 0.15) is 54.6 Å². The first-order chi connectivity index (χ1) is 24.8. The van der Waals surface area contributed by atoms with Gasteiger partial charge in [0.15, 0.2) is 0 Å². The van der Waals surface area contributed by atoms with Crippen molar-refractivity contribution < 1.29 is 23.9 Å². The molecule has 0 fully saturated rings. The summed E-state index contributed by atoms with van der Waals surface area (Å²) in [5.74, 6) is -1.29. The van der Waals surface area contributed by atoms with E-state index >= 15 is 0 Å². The van der Waals surface area contributed by atoms with Crippen molar-refractivity contribution in [3.8, 4) is 0 Å². The first-order valence-corrected chi connectivity index (χ1v) is 18.4. The number of amides is 3. The van der Waals surface area contributed by atoms with Crippen molar-refractivity contribution in [3.05, 3.63) is 153 Å². The number of hydrogen-bond acceptors (Lipinski definition) is 7. The zero-order valence-corrected chi connectivity index (χ0v) is 30.0. The number of benzene rings is 4. The summed E-state index contributed by atoms with van der Waals surface area (Å²) in [6.07, 6.45) is 3.98. The number of esters is 1. The normalized spacial score (nSPS) is 13.8. The molecule has 51 heavy (non-hydrogen) atoms. The first-order valence-electron chi connectivity index (χ1n) is 16.2. The quantitative estimate of drug-likeness (QED) is 0.0712. The Bertz CT molecular complexity index is 2100. The minimum atomic E-state index is -0.536. The SMILES string of the molecule is COC(=O)c1c(NC(=O)CSc2cccc(NC(=O)/C(=C/c3cccc(Cl)c3)NC(=O)c3ccccc3)c2)sc2c1CCC(c1ccccc1)C2. The predicted octanol–water partition coefficient (Wildman–Crippen LogP) is 8.60. The number of hydrogen-bond donors (Lipinski definition) is 3. The van der Waals surface area contributed by atoms with Crippen LogP contribution in [-0.2, 0) is 27.2 Å². The highest BCUT2D eigenvalue weighted by Gasteiger charge is 2.30. The third kappa shape index (κ3) is 9.15. The van der Waals surface area contributed by atoms with E-state index in [-0.39, 0.29) is 17.4 Å². The third-order valence-corrected chi connectivity index (χ3v) is 10.7. The molecule has 0 radical (unpaired) electrons. The number of thioether (sulfide) groups is 1. The van der Waals surface area contributed by atoms with Crippen LogP contribution >= 0.6 is 34.7 Å². The van der Waals surface area contributed by atoms with Gasteiger partial charge >= 0.3 is 5.97 Å². The zero-order valence-electron chi connectivity index (χ0n) is 27.6. The monoisotopic (exact) mass is 735 g/mol. The Morgan fingerprint density at radius 2 is 1.65 bits per heavy atom. The van der Waals surface area contributed by atoms with E-state index in [1.165, 1.54) is 35.8 Å². The molecule has 258 valence electrons.